The molecule has 0 aliphatic rings. The lowest BCUT2D eigenvalue weighted by atomic mass is 10.1. The molecule has 1 rings (SSSR count). The molecule has 0 radical (unpaired) electrons. The molecule has 1 aromatic heterocycles. The summed E-state index contributed by atoms with van der Waals surface area (Å²) in [4.78, 5) is 5.07. The van der Waals surface area contributed by atoms with Gasteiger partial charge < -0.3 is 9.84 Å². The highest BCUT2D eigenvalue weighted by atomic mass is 32.1. The zero-order valence-corrected chi connectivity index (χ0v) is 15.7. The Balaban J connectivity index is 2.46. The van der Waals surface area contributed by atoms with E-state index in [1.54, 1.807) is 0 Å². The van der Waals surface area contributed by atoms with E-state index in [1.165, 1.54) is 9.75 Å². The molecule has 128 valence electrons. The molecule has 0 spiro atoms. The maximum Gasteiger partial charge on any atom is 0.0900 e. The van der Waals surface area contributed by atoms with Gasteiger partial charge >= 0.3 is 0 Å². The molecular formula is C18H33NO2S. The van der Waals surface area contributed by atoms with Crippen LogP contribution in [0.1, 0.15) is 43.9 Å². The molecule has 0 aliphatic heterocycles. The number of ether oxygens (including phenoxy) is 1. The van der Waals surface area contributed by atoms with Gasteiger partial charge in [-0.3, -0.25) is 4.90 Å². The average molecular weight is 328 g/mol. The van der Waals surface area contributed by atoms with E-state index >= 15 is 0 Å². The summed E-state index contributed by atoms with van der Waals surface area (Å²) in [7, 11) is 0. The number of aryl methyl sites for hydroxylation is 1. The molecule has 1 aromatic rings. The monoisotopic (exact) mass is 327 g/mol. The molecule has 0 saturated heterocycles. The molecule has 0 saturated carbocycles. The van der Waals surface area contributed by atoms with Gasteiger partial charge in [0.2, 0.25) is 0 Å². The minimum atomic E-state index is -0.410. The van der Waals surface area contributed by atoms with Crippen LogP contribution in [0, 0.1) is 18.8 Å². The first-order chi connectivity index (χ1) is 10.4. The molecule has 0 unspecified atom stereocenters. The Bertz CT molecular complexity index is 404. The number of aliphatic hydroxyl groups is 1. The summed E-state index contributed by atoms with van der Waals surface area (Å²) in [5.41, 5.74) is 0. The highest BCUT2D eigenvalue weighted by Crippen LogP contribution is 2.18. The molecule has 0 aromatic carbocycles. The SMILES string of the molecule is Cc1ccc(CN(CCC(C)C)C[C@@H](O)COCC(C)C)s1. The third-order valence-corrected chi connectivity index (χ3v) is 4.41. The van der Waals surface area contributed by atoms with Crippen LogP contribution in [0.4, 0.5) is 0 Å². The van der Waals surface area contributed by atoms with Crippen LogP contribution < -0.4 is 0 Å². The van der Waals surface area contributed by atoms with E-state index in [0.29, 0.717) is 31.6 Å². The molecule has 4 heteroatoms. The first kappa shape index (κ1) is 19.6. The van der Waals surface area contributed by atoms with Gasteiger partial charge in [0.25, 0.3) is 0 Å². The van der Waals surface area contributed by atoms with Gasteiger partial charge in [-0.15, -0.1) is 11.3 Å². The second-order valence-corrected chi connectivity index (χ2v) is 8.39. The Labute approximate surface area is 140 Å². The van der Waals surface area contributed by atoms with E-state index in [2.05, 4.69) is 51.7 Å². The lowest BCUT2D eigenvalue weighted by molar-refractivity contribution is 0.00643. The molecule has 0 amide bonds. The maximum absolute atomic E-state index is 10.2. The molecular weight excluding hydrogens is 294 g/mol. The van der Waals surface area contributed by atoms with E-state index in [1.807, 2.05) is 11.3 Å². The van der Waals surface area contributed by atoms with Gasteiger partial charge in [-0.05, 0) is 43.9 Å². The molecule has 22 heavy (non-hydrogen) atoms. The van der Waals surface area contributed by atoms with Crippen molar-refractivity contribution in [3.63, 3.8) is 0 Å². The van der Waals surface area contributed by atoms with Gasteiger partial charge in [0.1, 0.15) is 0 Å². The normalized spacial score (nSPS) is 13.5. The minimum Gasteiger partial charge on any atom is -0.389 e. The number of hydrogen-bond donors (Lipinski definition) is 1. The van der Waals surface area contributed by atoms with Crippen molar-refractivity contribution >= 4 is 11.3 Å². The summed E-state index contributed by atoms with van der Waals surface area (Å²) in [6, 6.07) is 4.37. The summed E-state index contributed by atoms with van der Waals surface area (Å²) in [6.45, 7) is 14.7. The summed E-state index contributed by atoms with van der Waals surface area (Å²) >= 11 is 1.84. The van der Waals surface area contributed by atoms with Gasteiger partial charge in [-0.1, -0.05) is 27.7 Å². The number of hydrogen-bond acceptors (Lipinski definition) is 4. The number of thiophene rings is 1. The molecule has 0 fully saturated rings. The van der Waals surface area contributed by atoms with Gasteiger partial charge in [0.05, 0.1) is 12.7 Å². The first-order valence-corrected chi connectivity index (χ1v) is 9.22. The van der Waals surface area contributed by atoms with Gasteiger partial charge in [0.15, 0.2) is 0 Å². The van der Waals surface area contributed by atoms with Crippen LogP contribution in [0.2, 0.25) is 0 Å². The standard InChI is InChI=1S/C18H33NO2S/c1-14(2)8-9-19(11-18-7-6-16(5)22-18)10-17(20)13-21-12-15(3)4/h6-7,14-15,17,20H,8-13H2,1-5H3/t17-/m1/s1. The Hall–Kier alpha value is -0.420. The second kappa shape index (κ2) is 10.4. The average Bonchev–Trinajstić information content (AvgIpc) is 2.81. The van der Waals surface area contributed by atoms with Crippen LogP contribution in [0.15, 0.2) is 12.1 Å². The molecule has 1 heterocycles. The quantitative estimate of drug-likeness (QED) is 0.668. The van der Waals surface area contributed by atoms with Gasteiger partial charge in [-0.25, -0.2) is 0 Å². The summed E-state index contributed by atoms with van der Waals surface area (Å²) in [5, 5.41) is 10.2. The van der Waals surface area contributed by atoms with Crippen LogP contribution in [-0.2, 0) is 11.3 Å². The molecule has 1 atom stereocenters. The van der Waals surface area contributed by atoms with E-state index < -0.39 is 6.10 Å². The first-order valence-electron chi connectivity index (χ1n) is 8.40. The minimum absolute atomic E-state index is 0.410. The zero-order chi connectivity index (χ0) is 16.5. The Kier molecular flexibility index (Phi) is 9.25. The summed E-state index contributed by atoms with van der Waals surface area (Å²) in [5.74, 6) is 1.19. The van der Waals surface area contributed by atoms with E-state index in [0.717, 1.165) is 19.5 Å². The number of nitrogens with zero attached hydrogens (tertiary/aromatic N) is 1. The van der Waals surface area contributed by atoms with Crippen LogP contribution in [-0.4, -0.2) is 42.4 Å². The van der Waals surface area contributed by atoms with Crippen molar-refractivity contribution < 1.29 is 9.84 Å². The maximum atomic E-state index is 10.2. The number of rotatable bonds is 11. The molecule has 0 aliphatic carbocycles. The Morgan fingerprint density at radius 3 is 2.41 bits per heavy atom. The van der Waals surface area contributed by atoms with E-state index in [4.69, 9.17) is 4.74 Å². The lowest BCUT2D eigenvalue weighted by Crippen LogP contribution is -2.35. The number of aliphatic hydroxyl groups excluding tert-OH is 1. The predicted octanol–water partition coefficient (Wildman–Crippen LogP) is 3.94. The fourth-order valence-corrected chi connectivity index (χ4v) is 3.19. The van der Waals surface area contributed by atoms with Crippen molar-refractivity contribution in [3.05, 3.63) is 21.9 Å². The predicted molar refractivity (Wildman–Crippen MR) is 95.5 cm³/mol. The van der Waals surface area contributed by atoms with Crippen molar-refractivity contribution in [1.82, 2.24) is 4.90 Å². The van der Waals surface area contributed by atoms with E-state index in [-0.39, 0.29) is 0 Å². The van der Waals surface area contributed by atoms with Crippen LogP contribution >= 0.6 is 11.3 Å². The molecule has 1 N–H and O–H groups in total. The third kappa shape index (κ3) is 8.89. The fraction of sp³-hybridized carbons (Fsp3) is 0.778. The van der Waals surface area contributed by atoms with Crippen LogP contribution in [0.25, 0.3) is 0 Å². The Morgan fingerprint density at radius 1 is 1.14 bits per heavy atom. The third-order valence-electron chi connectivity index (χ3n) is 3.43. The van der Waals surface area contributed by atoms with Crippen molar-refractivity contribution in [2.24, 2.45) is 11.8 Å². The van der Waals surface area contributed by atoms with Crippen molar-refractivity contribution in [3.8, 4) is 0 Å². The smallest absolute Gasteiger partial charge is 0.0900 e. The van der Waals surface area contributed by atoms with Crippen molar-refractivity contribution in [1.29, 1.82) is 0 Å². The molecule has 0 bridgehead atoms. The van der Waals surface area contributed by atoms with E-state index in [9.17, 15) is 5.11 Å². The summed E-state index contributed by atoms with van der Waals surface area (Å²) < 4.78 is 5.56. The highest BCUT2D eigenvalue weighted by Gasteiger charge is 2.14. The fourth-order valence-electron chi connectivity index (χ4n) is 2.26. The lowest BCUT2D eigenvalue weighted by Gasteiger charge is -2.25. The molecule has 3 nitrogen and oxygen atoms in total. The van der Waals surface area contributed by atoms with Crippen molar-refractivity contribution in [2.45, 2.75) is 53.7 Å². The summed E-state index contributed by atoms with van der Waals surface area (Å²) in [6.07, 6.45) is 0.746. The topological polar surface area (TPSA) is 32.7 Å². The highest BCUT2D eigenvalue weighted by molar-refractivity contribution is 7.11. The van der Waals surface area contributed by atoms with Crippen LogP contribution in [0.5, 0.6) is 0 Å². The van der Waals surface area contributed by atoms with Gasteiger partial charge in [0, 0.05) is 29.5 Å². The zero-order valence-electron chi connectivity index (χ0n) is 14.8. The van der Waals surface area contributed by atoms with Crippen LogP contribution in [0.3, 0.4) is 0 Å². The largest absolute Gasteiger partial charge is 0.389 e. The van der Waals surface area contributed by atoms with Gasteiger partial charge in [-0.2, -0.15) is 0 Å². The Morgan fingerprint density at radius 2 is 1.86 bits per heavy atom. The second-order valence-electron chi connectivity index (χ2n) is 7.02. The van der Waals surface area contributed by atoms with Crippen molar-refractivity contribution in [2.75, 3.05) is 26.3 Å².